The van der Waals surface area contributed by atoms with Gasteiger partial charge in [-0.05, 0) is 24.0 Å². The second-order valence-corrected chi connectivity index (χ2v) is 4.77. The Hall–Kier alpha value is -1.75. The van der Waals surface area contributed by atoms with Crippen molar-refractivity contribution >= 4 is 17.2 Å². The lowest BCUT2D eigenvalue weighted by Crippen LogP contribution is -2.17. The number of benzene rings is 1. The zero-order chi connectivity index (χ0) is 13.1. The van der Waals surface area contributed by atoms with Crippen LogP contribution in [0.4, 0.5) is 0 Å². The number of aryl methyl sites for hydroxylation is 1. The van der Waals surface area contributed by atoms with Crippen molar-refractivity contribution < 1.29 is 4.79 Å². The third-order valence-corrected chi connectivity index (χ3v) is 3.70. The van der Waals surface area contributed by atoms with Gasteiger partial charge in [-0.3, -0.25) is 4.79 Å². The first-order chi connectivity index (χ1) is 8.69. The maximum absolute atomic E-state index is 11.7. The van der Waals surface area contributed by atoms with Gasteiger partial charge in [0.2, 0.25) is 5.91 Å². The molecule has 0 fully saturated rings. The number of primary amides is 1. The maximum atomic E-state index is 11.7. The molecule has 2 aromatic rings. The molecule has 0 saturated carbocycles. The van der Waals surface area contributed by atoms with Crippen molar-refractivity contribution in [2.75, 3.05) is 0 Å². The predicted octanol–water partition coefficient (Wildman–Crippen LogP) is 2.43. The van der Waals surface area contributed by atoms with E-state index in [1.54, 1.807) is 5.51 Å². The number of hydrogen-bond acceptors (Lipinski definition) is 4. The van der Waals surface area contributed by atoms with E-state index >= 15 is 0 Å². The molecule has 0 bridgehead atoms. The Kier molecular flexibility index (Phi) is 3.72. The number of rotatable bonds is 4. The molecule has 2 rings (SSSR count). The van der Waals surface area contributed by atoms with E-state index in [2.05, 4.69) is 10.2 Å². The van der Waals surface area contributed by atoms with E-state index in [1.807, 2.05) is 26.0 Å². The van der Waals surface area contributed by atoms with E-state index in [9.17, 15) is 4.79 Å². The Morgan fingerprint density at radius 3 is 2.61 bits per heavy atom. The van der Waals surface area contributed by atoms with Crippen molar-refractivity contribution in [3.63, 3.8) is 0 Å². The quantitative estimate of drug-likeness (QED) is 0.919. The van der Waals surface area contributed by atoms with Crippen LogP contribution in [0, 0.1) is 0 Å². The molecule has 5 heteroatoms. The summed E-state index contributed by atoms with van der Waals surface area (Å²) in [5.41, 5.74) is 10.8. The van der Waals surface area contributed by atoms with Crippen molar-refractivity contribution in [1.29, 1.82) is 0 Å². The van der Waals surface area contributed by atoms with Crippen LogP contribution < -0.4 is 5.73 Å². The number of aromatic nitrogens is 2. The number of carbonyl (C=O) groups is 1. The normalized spacial score (nSPS) is 10.6. The van der Waals surface area contributed by atoms with Gasteiger partial charge in [-0.15, -0.1) is 10.2 Å². The van der Waals surface area contributed by atoms with Crippen LogP contribution in [-0.4, -0.2) is 16.1 Å². The Balaban J connectivity index is 2.70. The summed E-state index contributed by atoms with van der Waals surface area (Å²) in [6.45, 7) is 4.04. The molecule has 2 N–H and O–H groups in total. The molecule has 1 amide bonds. The first-order valence-corrected chi connectivity index (χ1v) is 6.78. The average molecular weight is 261 g/mol. The van der Waals surface area contributed by atoms with Crippen molar-refractivity contribution in [3.8, 4) is 10.6 Å². The van der Waals surface area contributed by atoms with Gasteiger partial charge in [-0.25, -0.2) is 0 Å². The Morgan fingerprint density at radius 2 is 2.11 bits per heavy atom. The minimum absolute atomic E-state index is 0.366. The number of hydrogen-bond donors (Lipinski definition) is 1. The Morgan fingerprint density at radius 1 is 1.33 bits per heavy atom. The number of nitrogens with two attached hydrogens (primary N) is 1. The highest BCUT2D eigenvalue weighted by Crippen LogP contribution is 2.30. The fourth-order valence-corrected chi connectivity index (χ4v) is 2.76. The number of carbonyl (C=O) groups excluding carboxylic acids is 1. The van der Waals surface area contributed by atoms with Crippen LogP contribution in [0.2, 0.25) is 0 Å². The molecule has 0 unspecified atom stereocenters. The highest BCUT2D eigenvalue weighted by atomic mass is 32.1. The van der Waals surface area contributed by atoms with Gasteiger partial charge in [-0.2, -0.15) is 0 Å². The minimum Gasteiger partial charge on any atom is -0.366 e. The predicted molar refractivity (Wildman–Crippen MR) is 72.6 cm³/mol. The van der Waals surface area contributed by atoms with Gasteiger partial charge in [0, 0.05) is 11.1 Å². The molecule has 0 spiro atoms. The van der Waals surface area contributed by atoms with Crippen LogP contribution in [-0.2, 0) is 12.8 Å². The number of amides is 1. The molecule has 0 radical (unpaired) electrons. The van der Waals surface area contributed by atoms with Crippen molar-refractivity contribution in [2.24, 2.45) is 5.73 Å². The lowest BCUT2D eigenvalue weighted by Gasteiger charge is -2.13. The minimum atomic E-state index is -0.366. The van der Waals surface area contributed by atoms with Crippen LogP contribution in [0.5, 0.6) is 0 Å². The van der Waals surface area contributed by atoms with Crippen molar-refractivity contribution in [3.05, 3.63) is 34.3 Å². The smallest absolute Gasteiger partial charge is 0.249 e. The second kappa shape index (κ2) is 5.27. The molecular formula is C13H15N3OS. The molecule has 1 heterocycles. The monoisotopic (exact) mass is 261 g/mol. The van der Waals surface area contributed by atoms with Crippen LogP contribution in [0.1, 0.15) is 35.3 Å². The van der Waals surface area contributed by atoms with Gasteiger partial charge >= 0.3 is 0 Å². The summed E-state index contributed by atoms with van der Waals surface area (Å²) in [5, 5.41) is 8.74. The first kappa shape index (κ1) is 12.7. The summed E-state index contributed by atoms with van der Waals surface area (Å²) in [5.74, 6) is -0.366. The Labute approximate surface area is 110 Å². The van der Waals surface area contributed by atoms with E-state index in [1.165, 1.54) is 11.3 Å². The van der Waals surface area contributed by atoms with Crippen LogP contribution in [0.3, 0.4) is 0 Å². The fourth-order valence-electron chi connectivity index (χ4n) is 2.16. The van der Waals surface area contributed by atoms with E-state index in [-0.39, 0.29) is 5.91 Å². The fraction of sp³-hybridized carbons (Fsp3) is 0.308. The zero-order valence-corrected chi connectivity index (χ0v) is 11.3. The summed E-state index contributed by atoms with van der Waals surface area (Å²) in [4.78, 5) is 11.7. The van der Waals surface area contributed by atoms with Gasteiger partial charge < -0.3 is 5.73 Å². The van der Waals surface area contributed by atoms with E-state index in [4.69, 9.17) is 5.73 Å². The molecule has 4 nitrogen and oxygen atoms in total. The molecule has 0 aliphatic heterocycles. The summed E-state index contributed by atoms with van der Waals surface area (Å²) in [7, 11) is 0. The lowest BCUT2D eigenvalue weighted by atomic mass is 9.92. The summed E-state index contributed by atoms with van der Waals surface area (Å²) in [6, 6.07) is 3.96. The highest BCUT2D eigenvalue weighted by Gasteiger charge is 2.17. The molecule has 0 aliphatic carbocycles. The third-order valence-electron chi connectivity index (χ3n) is 2.97. The molecular weight excluding hydrogens is 246 g/mol. The van der Waals surface area contributed by atoms with Crippen molar-refractivity contribution in [2.45, 2.75) is 26.7 Å². The topological polar surface area (TPSA) is 68.9 Å². The Bertz CT molecular complexity index is 564. The summed E-state index contributed by atoms with van der Waals surface area (Å²) in [6.07, 6.45) is 1.54. The number of nitrogens with zero attached hydrogens (tertiary/aromatic N) is 2. The lowest BCUT2D eigenvalue weighted by molar-refractivity contribution is 0.0998. The zero-order valence-electron chi connectivity index (χ0n) is 10.4. The van der Waals surface area contributed by atoms with E-state index in [0.717, 1.165) is 34.5 Å². The molecule has 18 heavy (non-hydrogen) atoms. The van der Waals surface area contributed by atoms with Gasteiger partial charge in [0.25, 0.3) is 0 Å². The molecule has 0 aliphatic rings. The molecule has 1 aromatic heterocycles. The largest absolute Gasteiger partial charge is 0.366 e. The van der Waals surface area contributed by atoms with Crippen LogP contribution in [0.15, 0.2) is 17.6 Å². The van der Waals surface area contributed by atoms with Gasteiger partial charge in [0.1, 0.15) is 10.5 Å². The van der Waals surface area contributed by atoms with E-state index < -0.39 is 0 Å². The molecule has 1 aromatic carbocycles. The van der Waals surface area contributed by atoms with Crippen LogP contribution in [0.25, 0.3) is 10.6 Å². The maximum Gasteiger partial charge on any atom is 0.249 e. The van der Waals surface area contributed by atoms with Gasteiger partial charge in [0.05, 0.1) is 0 Å². The van der Waals surface area contributed by atoms with Gasteiger partial charge in [0.15, 0.2) is 0 Å². The third kappa shape index (κ3) is 2.13. The van der Waals surface area contributed by atoms with E-state index in [0.29, 0.717) is 5.56 Å². The first-order valence-electron chi connectivity index (χ1n) is 5.90. The van der Waals surface area contributed by atoms with Crippen molar-refractivity contribution in [1.82, 2.24) is 10.2 Å². The second-order valence-electron chi connectivity index (χ2n) is 3.94. The molecule has 0 saturated heterocycles. The highest BCUT2D eigenvalue weighted by molar-refractivity contribution is 7.12. The standard InChI is InChI=1S/C13H15N3OS/c1-3-8-5-6-10(13-16-15-7-18-13)9(4-2)11(8)12(14)17/h5-7H,3-4H2,1-2H3,(H2,14,17). The SMILES string of the molecule is CCc1ccc(-c2nncs2)c(CC)c1C(N)=O. The average Bonchev–Trinajstić information content (AvgIpc) is 2.90. The molecule has 0 atom stereocenters. The molecule has 94 valence electrons. The van der Waals surface area contributed by atoms with Gasteiger partial charge in [-0.1, -0.05) is 37.3 Å². The summed E-state index contributed by atoms with van der Waals surface area (Å²) < 4.78 is 0. The summed E-state index contributed by atoms with van der Waals surface area (Å²) >= 11 is 1.47. The van der Waals surface area contributed by atoms with Crippen LogP contribution >= 0.6 is 11.3 Å².